The molecule has 1 aromatic rings. The minimum absolute atomic E-state index is 0.0193. The number of aliphatic carboxylic acids is 1. The normalized spacial score (nSPS) is 14.8. The average Bonchev–Trinajstić information content (AvgIpc) is 2.81. The minimum Gasteiger partial charge on any atom is -0.480 e. The molecule has 0 aromatic heterocycles. The van der Waals surface area contributed by atoms with Gasteiger partial charge in [0.2, 0.25) is 5.91 Å². The molecule has 2 N–H and O–H groups in total. The lowest BCUT2D eigenvalue weighted by atomic mass is 10.00. The number of thioether (sulfide) groups is 1. The van der Waals surface area contributed by atoms with Crippen molar-refractivity contribution in [3.8, 4) is 0 Å². The molecule has 1 aliphatic rings. The van der Waals surface area contributed by atoms with Gasteiger partial charge in [-0.05, 0) is 18.1 Å². The van der Waals surface area contributed by atoms with Crippen molar-refractivity contribution in [2.45, 2.75) is 13.3 Å². The van der Waals surface area contributed by atoms with Crippen molar-refractivity contribution < 1.29 is 24.3 Å². The number of carboxylic acids is 1. The van der Waals surface area contributed by atoms with E-state index in [0.29, 0.717) is 6.42 Å². The molecule has 8 heteroatoms. The molecular formula is C20H22N2O5S. The van der Waals surface area contributed by atoms with Crippen molar-refractivity contribution in [1.29, 1.82) is 0 Å². The summed E-state index contributed by atoms with van der Waals surface area (Å²) in [4.78, 5) is 48.8. The molecule has 0 saturated heterocycles. The summed E-state index contributed by atoms with van der Waals surface area (Å²) in [6.07, 6.45) is 5.13. The van der Waals surface area contributed by atoms with Crippen LogP contribution in [0.15, 0.2) is 54.3 Å². The van der Waals surface area contributed by atoms with Crippen LogP contribution >= 0.6 is 11.8 Å². The van der Waals surface area contributed by atoms with Crippen molar-refractivity contribution >= 4 is 34.7 Å². The Balaban J connectivity index is 2.12. The van der Waals surface area contributed by atoms with Crippen LogP contribution in [0.1, 0.15) is 12.5 Å². The predicted octanol–water partition coefficient (Wildman–Crippen LogP) is 1.61. The molecule has 0 unspecified atom stereocenters. The number of hydrogen-bond donors (Lipinski definition) is 2. The zero-order valence-electron chi connectivity index (χ0n) is 15.5. The number of carbonyl (C=O) groups is 4. The van der Waals surface area contributed by atoms with Gasteiger partial charge in [0.15, 0.2) is 5.12 Å². The first-order valence-electron chi connectivity index (χ1n) is 8.73. The third kappa shape index (κ3) is 6.70. The molecule has 0 radical (unpaired) electrons. The lowest BCUT2D eigenvalue weighted by Gasteiger charge is -2.21. The minimum atomic E-state index is -1.13. The van der Waals surface area contributed by atoms with Gasteiger partial charge in [-0.15, -0.1) is 0 Å². The average molecular weight is 402 g/mol. The van der Waals surface area contributed by atoms with Crippen LogP contribution < -0.4 is 5.32 Å². The Kier molecular flexibility index (Phi) is 8.01. The smallest absolute Gasteiger partial charge is 0.323 e. The number of nitrogens with zero attached hydrogens (tertiary/aromatic N) is 1. The Bertz CT molecular complexity index is 804. The fourth-order valence-electron chi connectivity index (χ4n) is 2.65. The second kappa shape index (κ2) is 10.5. The maximum absolute atomic E-state index is 12.8. The van der Waals surface area contributed by atoms with Gasteiger partial charge in [-0.3, -0.25) is 19.2 Å². The predicted molar refractivity (Wildman–Crippen MR) is 106 cm³/mol. The van der Waals surface area contributed by atoms with E-state index in [1.165, 1.54) is 13.0 Å². The van der Waals surface area contributed by atoms with Gasteiger partial charge in [0, 0.05) is 19.2 Å². The van der Waals surface area contributed by atoms with Gasteiger partial charge in [0.05, 0.1) is 5.92 Å². The largest absolute Gasteiger partial charge is 0.480 e. The van der Waals surface area contributed by atoms with Gasteiger partial charge < -0.3 is 15.3 Å². The summed E-state index contributed by atoms with van der Waals surface area (Å²) in [7, 11) is 0. The van der Waals surface area contributed by atoms with E-state index in [4.69, 9.17) is 5.11 Å². The van der Waals surface area contributed by atoms with E-state index in [9.17, 15) is 19.2 Å². The van der Waals surface area contributed by atoms with Crippen LogP contribution in [0.3, 0.4) is 0 Å². The quantitative estimate of drug-likeness (QED) is 0.685. The first kappa shape index (κ1) is 21.4. The molecule has 7 nitrogen and oxygen atoms in total. The summed E-state index contributed by atoms with van der Waals surface area (Å²) in [5, 5.41) is 11.5. The number of hydrogen-bond acceptors (Lipinski definition) is 5. The number of benzene rings is 1. The zero-order chi connectivity index (χ0) is 20.5. The molecule has 28 heavy (non-hydrogen) atoms. The highest BCUT2D eigenvalue weighted by Crippen LogP contribution is 2.17. The third-order valence-corrected chi connectivity index (χ3v) is 4.99. The second-order valence-electron chi connectivity index (χ2n) is 6.27. The second-order valence-corrected chi connectivity index (χ2v) is 7.46. The van der Waals surface area contributed by atoms with Crippen molar-refractivity contribution in [3.05, 3.63) is 59.8 Å². The number of carbonyl (C=O) groups excluding carboxylic acids is 3. The summed E-state index contributed by atoms with van der Waals surface area (Å²) < 4.78 is 0. The van der Waals surface area contributed by atoms with Gasteiger partial charge in [0.1, 0.15) is 12.2 Å². The van der Waals surface area contributed by atoms with Crippen LogP contribution in [-0.4, -0.2) is 51.7 Å². The van der Waals surface area contributed by atoms with Crippen molar-refractivity contribution in [2.24, 2.45) is 5.92 Å². The molecule has 1 heterocycles. The molecule has 2 amide bonds. The van der Waals surface area contributed by atoms with Crippen LogP contribution in [0.2, 0.25) is 0 Å². The summed E-state index contributed by atoms with van der Waals surface area (Å²) >= 11 is 1.06. The maximum Gasteiger partial charge on any atom is 0.323 e. The highest BCUT2D eigenvalue weighted by atomic mass is 32.2. The highest BCUT2D eigenvalue weighted by Gasteiger charge is 2.26. The van der Waals surface area contributed by atoms with Crippen LogP contribution in [0.4, 0.5) is 0 Å². The van der Waals surface area contributed by atoms with Gasteiger partial charge in [-0.25, -0.2) is 0 Å². The monoisotopic (exact) mass is 402 g/mol. The SMILES string of the molecule is CC(=O)SC[C@@H](Cc1ccccc1)C(=O)NC1=CC=CCN(CC(=O)O)C1=O. The summed E-state index contributed by atoms with van der Waals surface area (Å²) in [5.74, 6) is -2.31. The lowest BCUT2D eigenvalue weighted by Crippen LogP contribution is -2.42. The van der Waals surface area contributed by atoms with Crippen LogP contribution in [0.5, 0.6) is 0 Å². The van der Waals surface area contributed by atoms with Crippen LogP contribution in [0.25, 0.3) is 0 Å². The van der Waals surface area contributed by atoms with E-state index >= 15 is 0 Å². The van der Waals surface area contributed by atoms with E-state index in [1.807, 2.05) is 30.3 Å². The Morgan fingerprint density at radius 3 is 2.61 bits per heavy atom. The first-order valence-corrected chi connectivity index (χ1v) is 9.71. The standard InChI is InChI=1S/C20H22N2O5S/c1-14(23)28-13-16(11-15-7-3-2-4-8-15)19(26)21-17-9-5-6-10-22(20(17)27)12-18(24)25/h2-9,16H,10-13H2,1H3,(H,21,26)(H,24,25)/t16-/m1/s1. The van der Waals surface area contributed by atoms with E-state index in [-0.39, 0.29) is 29.0 Å². The van der Waals surface area contributed by atoms with E-state index in [1.54, 1.807) is 12.2 Å². The first-order chi connectivity index (χ1) is 13.4. The molecule has 0 bridgehead atoms. The van der Waals surface area contributed by atoms with Gasteiger partial charge >= 0.3 is 5.97 Å². The number of rotatable bonds is 8. The zero-order valence-corrected chi connectivity index (χ0v) is 16.3. The summed E-state index contributed by atoms with van der Waals surface area (Å²) in [6, 6.07) is 9.40. The Morgan fingerprint density at radius 2 is 1.96 bits per heavy atom. The molecule has 1 aromatic carbocycles. The number of allylic oxidation sites excluding steroid dienone is 2. The van der Waals surface area contributed by atoms with Crippen molar-refractivity contribution in [1.82, 2.24) is 10.2 Å². The molecular weight excluding hydrogens is 380 g/mol. The van der Waals surface area contributed by atoms with Crippen LogP contribution in [0, 0.1) is 5.92 Å². The van der Waals surface area contributed by atoms with Crippen molar-refractivity contribution in [3.63, 3.8) is 0 Å². The fraction of sp³-hybridized carbons (Fsp3) is 0.300. The molecule has 148 valence electrons. The van der Waals surface area contributed by atoms with Crippen LogP contribution in [-0.2, 0) is 25.6 Å². The van der Waals surface area contributed by atoms with E-state index in [0.717, 1.165) is 22.2 Å². The molecule has 2 rings (SSSR count). The Morgan fingerprint density at radius 1 is 1.25 bits per heavy atom. The summed E-state index contributed by atoms with van der Waals surface area (Å²) in [6.45, 7) is 1.13. The van der Waals surface area contributed by atoms with Gasteiger partial charge in [0.25, 0.3) is 5.91 Å². The Hall–Kier alpha value is -2.87. The molecule has 1 aliphatic heterocycles. The fourth-order valence-corrected chi connectivity index (χ4v) is 3.36. The van der Waals surface area contributed by atoms with Crippen molar-refractivity contribution in [2.75, 3.05) is 18.8 Å². The Labute approximate surface area is 167 Å². The summed E-state index contributed by atoms with van der Waals surface area (Å²) in [5.41, 5.74) is 0.964. The van der Waals surface area contributed by atoms with E-state index < -0.39 is 24.3 Å². The highest BCUT2D eigenvalue weighted by molar-refractivity contribution is 8.13. The molecule has 1 atom stereocenters. The maximum atomic E-state index is 12.8. The third-order valence-electron chi connectivity index (χ3n) is 4.01. The molecule has 0 aliphatic carbocycles. The number of nitrogens with one attached hydrogen (secondary N) is 1. The van der Waals surface area contributed by atoms with Gasteiger partial charge in [-0.1, -0.05) is 54.2 Å². The molecule has 0 fully saturated rings. The molecule has 0 saturated carbocycles. The van der Waals surface area contributed by atoms with Gasteiger partial charge in [-0.2, -0.15) is 0 Å². The number of carboxylic acid groups (broad SMARTS) is 1. The molecule has 0 spiro atoms. The topological polar surface area (TPSA) is 104 Å². The number of amides is 2. The van der Waals surface area contributed by atoms with E-state index in [2.05, 4.69) is 5.32 Å². The lowest BCUT2D eigenvalue weighted by molar-refractivity contribution is -0.142.